The Morgan fingerprint density at radius 2 is 1.90 bits per heavy atom. The van der Waals surface area contributed by atoms with Crippen molar-refractivity contribution in [2.24, 2.45) is 0 Å². The summed E-state index contributed by atoms with van der Waals surface area (Å²) >= 11 is 0. The van der Waals surface area contributed by atoms with E-state index < -0.39 is 0 Å². The molecule has 0 amide bonds. The van der Waals surface area contributed by atoms with Crippen molar-refractivity contribution in [3.8, 4) is 28.6 Å². The quantitative estimate of drug-likeness (QED) is 0.670. The van der Waals surface area contributed by atoms with Crippen molar-refractivity contribution in [3.05, 3.63) is 63.8 Å². The summed E-state index contributed by atoms with van der Waals surface area (Å²) in [5.74, 6) is 2.36. The van der Waals surface area contributed by atoms with Gasteiger partial charge in [-0.1, -0.05) is 0 Å². The number of benzene rings is 1. The predicted octanol–water partition coefficient (Wildman–Crippen LogP) is 2.42. The minimum Gasteiger partial charge on any atom is -0.493 e. The fraction of sp³-hybridized carbons (Fsp3) is 0.318. The van der Waals surface area contributed by atoms with E-state index in [-0.39, 0.29) is 5.56 Å². The highest BCUT2D eigenvalue weighted by Gasteiger charge is 2.22. The molecule has 0 radical (unpaired) electrons. The number of methoxy groups -OCH3 is 3. The first-order valence-corrected chi connectivity index (χ1v) is 9.66. The van der Waals surface area contributed by atoms with E-state index in [1.165, 1.54) is 0 Å². The van der Waals surface area contributed by atoms with Gasteiger partial charge in [0.15, 0.2) is 11.5 Å². The van der Waals surface area contributed by atoms with Crippen molar-refractivity contribution in [3.63, 3.8) is 0 Å². The monoisotopic (exact) mass is 408 g/mol. The highest BCUT2D eigenvalue weighted by Crippen LogP contribution is 2.38. The molecule has 0 fully saturated rings. The van der Waals surface area contributed by atoms with Gasteiger partial charge in [0.05, 0.1) is 27.0 Å². The maximum Gasteiger partial charge on any atom is 0.254 e. The third kappa shape index (κ3) is 3.86. The van der Waals surface area contributed by atoms with E-state index in [1.54, 1.807) is 33.7 Å². The van der Waals surface area contributed by atoms with E-state index in [2.05, 4.69) is 14.9 Å². The van der Waals surface area contributed by atoms with E-state index in [0.29, 0.717) is 42.6 Å². The maximum absolute atomic E-state index is 12.6. The number of hydrogen-bond acceptors (Lipinski definition) is 7. The molecule has 0 spiro atoms. The van der Waals surface area contributed by atoms with Crippen LogP contribution in [-0.2, 0) is 19.5 Å². The molecule has 1 aliphatic heterocycles. The lowest BCUT2D eigenvalue weighted by atomic mass is 10.0. The number of nitrogens with one attached hydrogen (secondary N) is 1. The Morgan fingerprint density at radius 1 is 1.13 bits per heavy atom. The molecular weight excluding hydrogens is 384 g/mol. The van der Waals surface area contributed by atoms with Gasteiger partial charge in [-0.3, -0.25) is 14.7 Å². The summed E-state index contributed by atoms with van der Waals surface area (Å²) in [5.41, 5.74) is 3.30. The number of aromatic amines is 1. The molecule has 3 heterocycles. The SMILES string of the molecule is COc1cc(CN2CCc3c(nc(-c4cccnc4)[nH]c3=O)C2)cc(OC)c1OC. The summed E-state index contributed by atoms with van der Waals surface area (Å²) in [6.45, 7) is 2.02. The predicted molar refractivity (Wildman–Crippen MR) is 112 cm³/mol. The van der Waals surface area contributed by atoms with Gasteiger partial charge in [0.1, 0.15) is 5.82 Å². The van der Waals surface area contributed by atoms with Gasteiger partial charge in [0, 0.05) is 43.2 Å². The van der Waals surface area contributed by atoms with Crippen LogP contribution in [0, 0.1) is 0 Å². The zero-order valence-corrected chi connectivity index (χ0v) is 17.3. The molecular formula is C22H24N4O4. The van der Waals surface area contributed by atoms with Gasteiger partial charge in [0.25, 0.3) is 5.56 Å². The summed E-state index contributed by atoms with van der Waals surface area (Å²) in [6.07, 6.45) is 4.04. The van der Waals surface area contributed by atoms with Crippen molar-refractivity contribution >= 4 is 0 Å². The Kier molecular flexibility index (Phi) is 5.67. The third-order valence-corrected chi connectivity index (χ3v) is 5.22. The van der Waals surface area contributed by atoms with Gasteiger partial charge in [-0.15, -0.1) is 0 Å². The van der Waals surface area contributed by atoms with Gasteiger partial charge in [-0.2, -0.15) is 0 Å². The second kappa shape index (κ2) is 8.54. The highest BCUT2D eigenvalue weighted by molar-refractivity contribution is 5.54. The highest BCUT2D eigenvalue weighted by atomic mass is 16.5. The summed E-state index contributed by atoms with van der Waals surface area (Å²) in [5, 5.41) is 0. The third-order valence-electron chi connectivity index (χ3n) is 5.22. The number of rotatable bonds is 6. The van der Waals surface area contributed by atoms with E-state index in [4.69, 9.17) is 19.2 Å². The molecule has 30 heavy (non-hydrogen) atoms. The smallest absolute Gasteiger partial charge is 0.254 e. The maximum atomic E-state index is 12.6. The molecule has 0 saturated carbocycles. The lowest BCUT2D eigenvalue weighted by Gasteiger charge is -2.28. The molecule has 3 aromatic rings. The molecule has 8 nitrogen and oxygen atoms in total. The fourth-order valence-corrected chi connectivity index (χ4v) is 3.75. The van der Waals surface area contributed by atoms with E-state index in [1.807, 2.05) is 24.3 Å². The van der Waals surface area contributed by atoms with E-state index in [9.17, 15) is 4.79 Å². The first kappa shape index (κ1) is 19.9. The first-order valence-electron chi connectivity index (χ1n) is 9.66. The molecule has 0 bridgehead atoms. The van der Waals surface area contributed by atoms with Crippen molar-refractivity contribution in [2.75, 3.05) is 27.9 Å². The molecule has 1 aromatic carbocycles. The lowest BCUT2D eigenvalue weighted by Crippen LogP contribution is -2.35. The van der Waals surface area contributed by atoms with E-state index in [0.717, 1.165) is 28.9 Å². The molecule has 0 saturated heterocycles. The number of aromatic nitrogens is 3. The van der Waals surface area contributed by atoms with Crippen molar-refractivity contribution in [1.82, 2.24) is 19.9 Å². The van der Waals surface area contributed by atoms with Crippen LogP contribution in [0.1, 0.15) is 16.8 Å². The second-order valence-electron chi connectivity index (χ2n) is 7.08. The van der Waals surface area contributed by atoms with Gasteiger partial charge in [0.2, 0.25) is 5.75 Å². The van der Waals surface area contributed by atoms with Gasteiger partial charge < -0.3 is 19.2 Å². The molecule has 4 rings (SSSR count). The minimum atomic E-state index is -0.0775. The number of hydrogen-bond donors (Lipinski definition) is 1. The standard InChI is InChI=1S/C22H24N4O4/c1-28-18-9-14(10-19(29-2)20(18)30-3)12-26-8-6-16-17(13-26)24-21(25-22(16)27)15-5-4-7-23-11-15/h4-5,7,9-11H,6,8,12-13H2,1-3H3,(H,24,25,27). The summed E-state index contributed by atoms with van der Waals surface area (Å²) in [4.78, 5) is 26.6. The van der Waals surface area contributed by atoms with Crippen molar-refractivity contribution in [1.29, 1.82) is 0 Å². The van der Waals surface area contributed by atoms with Gasteiger partial charge >= 0.3 is 0 Å². The molecule has 0 aliphatic carbocycles. The number of pyridine rings is 1. The van der Waals surface area contributed by atoms with Crippen LogP contribution < -0.4 is 19.8 Å². The number of H-pyrrole nitrogens is 1. The van der Waals surface area contributed by atoms with Crippen LogP contribution in [0.2, 0.25) is 0 Å². The molecule has 0 unspecified atom stereocenters. The van der Waals surface area contributed by atoms with Crippen molar-refractivity contribution < 1.29 is 14.2 Å². The molecule has 156 valence electrons. The van der Waals surface area contributed by atoms with Crippen LogP contribution in [0.3, 0.4) is 0 Å². The molecule has 1 aliphatic rings. The number of fused-ring (bicyclic) bond motifs is 1. The Balaban J connectivity index is 1.60. The lowest BCUT2D eigenvalue weighted by molar-refractivity contribution is 0.239. The largest absolute Gasteiger partial charge is 0.493 e. The summed E-state index contributed by atoms with van der Waals surface area (Å²) < 4.78 is 16.3. The first-order chi connectivity index (χ1) is 14.6. The van der Waals surface area contributed by atoms with Crippen LogP contribution in [0.5, 0.6) is 17.2 Å². The fourth-order valence-electron chi connectivity index (χ4n) is 3.75. The Bertz CT molecular complexity index is 1070. The normalized spacial score (nSPS) is 13.6. The molecule has 1 N–H and O–H groups in total. The van der Waals surface area contributed by atoms with Crippen molar-refractivity contribution in [2.45, 2.75) is 19.5 Å². The number of nitrogens with zero attached hydrogens (tertiary/aromatic N) is 3. The van der Waals surface area contributed by atoms with Crippen LogP contribution in [0.4, 0.5) is 0 Å². The Hall–Kier alpha value is -3.39. The van der Waals surface area contributed by atoms with Gasteiger partial charge in [-0.05, 0) is 36.2 Å². The average Bonchev–Trinajstić information content (AvgIpc) is 2.78. The molecule has 0 atom stereocenters. The topological polar surface area (TPSA) is 89.6 Å². The average molecular weight is 408 g/mol. The van der Waals surface area contributed by atoms with Gasteiger partial charge in [-0.25, -0.2) is 4.98 Å². The zero-order valence-electron chi connectivity index (χ0n) is 17.3. The van der Waals surface area contributed by atoms with Crippen LogP contribution >= 0.6 is 0 Å². The second-order valence-corrected chi connectivity index (χ2v) is 7.08. The number of ether oxygens (including phenoxy) is 3. The Labute approximate surface area is 174 Å². The zero-order chi connectivity index (χ0) is 21.1. The van der Waals surface area contributed by atoms with E-state index >= 15 is 0 Å². The molecule has 2 aromatic heterocycles. The van der Waals surface area contributed by atoms with Crippen LogP contribution in [-0.4, -0.2) is 47.7 Å². The Morgan fingerprint density at radius 3 is 2.53 bits per heavy atom. The van der Waals surface area contributed by atoms with Crippen LogP contribution in [0.15, 0.2) is 41.5 Å². The van der Waals surface area contributed by atoms with Crippen LogP contribution in [0.25, 0.3) is 11.4 Å². The summed E-state index contributed by atoms with van der Waals surface area (Å²) in [6, 6.07) is 7.60. The summed E-state index contributed by atoms with van der Waals surface area (Å²) in [7, 11) is 4.80. The molecule has 8 heteroatoms. The minimum absolute atomic E-state index is 0.0775.